The SMILES string of the molecule is COc1cc(NC(=O)c2ccc3c(c2)CCN3)cc(OC)c1OC. The molecule has 1 amide bonds. The molecule has 2 N–H and O–H groups in total. The number of nitrogens with one attached hydrogen (secondary N) is 2. The third kappa shape index (κ3) is 2.95. The third-order valence-corrected chi connectivity index (χ3v) is 4.00. The zero-order chi connectivity index (χ0) is 17.1. The Balaban J connectivity index is 1.86. The van der Waals surface area contributed by atoms with Crippen molar-refractivity contribution < 1.29 is 19.0 Å². The molecule has 6 nitrogen and oxygen atoms in total. The standard InChI is InChI=1S/C18H20N2O4/c1-22-15-9-13(10-16(23-2)17(15)24-3)20-18(21)12-4-5-14-11(8-12)6-7-19-14/h4-5,8-10,19H,6-7H2,1-3H3,(H,20,21). The molecule has 3 rings (SSSR count). The summed E-state index contributed by atoms with van der Waals surface area (Å²) < 4.78 is 15.9. The maximum absolute atomic E-state index is 12.5. The predicted octanol–water partition coefficient (Wildman–Crippen LogP) is 2.93. The van der Waals surface area contributed by atoms with E-state index in [9.17, 15) is 4.79 Å². The zero-order valence-corrected chi connectivity index (χ0v) is 13.9. The quantitative estimate of drug-likeness (QED) is 0.883. The summed E-state index contributed by atoms with van der Waals surface area (Å²) in [5, 5.41) is 6.16. The maximum atomic E-state index is 12.5. The highest BCUT2D eigenvalue weighted by Gasteiger charge is 2.17. The molecule has 0 bridgehead atoms. The minimum Gasteiger partial charge on any atom is -0.493 e. The molecule has 1 aliphatic rings. The van der Waals surface area contributed by atoms with Crippen LogP contribution in [0.4, 0.5) is 11.4 Å². The van der Waals surface area contributed by atoms with Crippen molar-refractivity contribution in [1.29, 1.82) is 0 Å². The number of fused-ring (bicyclic) bond motifs is 1. The van der Waals surface area contributed by atoms with Crippen molar-refractivity contribution in [2.24, 2.45) is 0 Å². The van der Waals surface area contributed by atoms with Gasteiger partial charge in [-0.2, -0.15) is 0 Å². The van der Waals surface area contributed by atoms with Gasteiger partial charge in [-0.25, -0.2) is 0 Å². The molecule has 1 heterocycles. The first kappa shape index (κ1) is 16.0. The molecule has 6 heteroatoms. The van der Waals surface area contributed by atoms with E-state index in [1.165, 1.54) is 21.3 Å². The lowest BCUT2D eigenvalue weighted by molar-refractivity contribution is 0.102. The largest absolute Gasteiger partial charge is 0.493 e. The van der Waals surface area contributed by atoms with Crippen LogP contribution in [0.5, 0.6) is 17.2 Å². The van der Waals surface area contributed by atoms with Crippen molar-refractivity contribution in [3.05, 3.63) is 41.5 Å². The lowest BCUT2D eigenvalue weighted by atomic mass is 10.1. The Hall–Kier alpha value is -2.89. The van der Waals surface area contributed by atoms with E-state index in [1.807, 2.05) is 18.2 Å². The third-order valence-electron chi connectivity index (χ3n) is 4.00. The van der Waals surface area contributed by atoms with Crippen LogP contribution >= 0.6 is 0 Å². The van der Waals surface area contributed by atoms with E-state index in [2.05, 4.69) is 10.6 Å². The Bertz CT molecular complexity index is 749. The van der Waals surface area contributed by atoms with Gasteiger partial charge < -0.3 is 24.8 Å². The Kier molecular flexibility index (Phi) is 4.46. The van der Waals surface area contributed by atoms with E-state index < -0.39 is 0 Å². The number of carbonyl (C=O) groups is 1. The van der Waals surface area contributed by atoms with Gasteiger partial charge in [0.2, 0.25) is 5.75 Å². The fraction of sp³-hybridized carbons (Fsp3) is 0.278. The number of carbonyl (C=O) groups excluding carboxylic acids is 1. The minimum absolute atomic E-state index is 0.182. The summed E-state index contributed by atoms with van der Waals surface area (Å²) in [7, 11) is 4.62. The van der Waals surface area contributed by atoms with E-state index >= 15 is 0 Å². The lowest BCUT2D eigenvalue weighted by Gasteiger charge is -2.14. The number of hydrogen-bond acceptors (Lipinski definition) is 5. The fourth-order valence-corrected chi connectivity index (χ4v) is 2.80. The molecule has 0 saturated heterocycles. The van der Waals surface area contributed by atoms with Crippen LogP contribution in [0.2, 0.25) is 0 Å². The second kappa shape index (κ2) is 6.70. The van der Waals surface area contributed by atoms with E-state index in [0.717, 1.165) is 24.2 Å². The molecule has 0 fully saturated rings. The summed E-state index contributed by atoms with van der Waals surface area (Å²) in [5.74, 6) is 1.29. The topological polar surface area (TPSA) is 68.8 Å². The first-order valence-electron chi connectivity index (χ1n) is 7.64. The molecule has 24 heavy (non-hydrogen) atoms. The van der Waals surface area contributed by atoms with Crippen LogP contribution in [0, 0.1) is 0 Å². The van der Waals surface area contributed by atoms with Gasteiger partial charge in [0.15, 0.2) is 11.5 Å². The lowest BCUT2D eigenvalue weighted by Crippen LogP contribution is -2.12. The zero-order valence-electron chi connectivity index (χ0n) is 13.9. The molecule has 0 saturated carbocycles. The summed E-state index contributed by atoms with van der Waals surface area (Å²) in [5.41, 5.74) is 3.45. The Morgan fingerprint density at radius 3 is 2.38 bits per heavy atom. The first-order valence-corrected chi connectivity index (χ1v) is 7.64. The number of benzene rings is 2. The fourth-order valence-electron chi connectivity index (χ4n) is 2.80. The predicted molar refractivity (Wildman–Crippen MR) is 92.7 cm³/mol. The monoisotopic (exact) mass is 328 g/mol. The van der Waals surface area contributed by atoms with Crippen molar-refractivity contribution in [1.82, 2.24) is 0 Å². The van der Waals surface area contributed by atoms with E-state index in [0.29, 0.717) is 28.5 Å². The van der Waals surface area contributed by atoms with E-state index in [4.69, 9.17) is 14.2 Å². The van der Waals surface area contributed by atoms with E-state index in [1.54, 1.807) is 12.1 Å². The van der Waals surface area contributed by atoms with Gasteiger partial charge in [-0.3, -0.25) is 4.79 Å². The van der Waals surface area contributed by atoms with Gasteiger partial charge in [0.25, 0.3) is 5.91 Å². The van der Waals surface area contributed by atoms with Gasteiger partial charge in [-0.05, 0) is 30.2 Å². The number of amides is 1. The number of hydrogen-bond donors (Lipinski definition) is 2. The number of methoxy groups -OCH3 is 3. The van der Waals surface area contributed by atoms with Crippen LogP contribution in [-0.2, 0) is 6.42 Å². The first-order chi connectivity index (χ1) is 11.7. The van der Waals surface area contributed by atoms with Gasteiger partial charge in [0.1, 0.15) is 0 Å². The smallest absolute Gasteiger partial charge is 0.255 e. The summed E-state index contributed by atoms with van der Waals surface area (Å²) in [6.07, 6.45) is 0.931. The Morgan fingerprint density at radius 1 is 1.04 bits per heavy atom. The van der Waals surface area contributed by atoms with Crippen LogP contribution in [-0.4, -0.2) is 33.8 Å². The normalized spacial score (nSPS) is 12.1. The van der Waals surface area contributed by atoms with Gasteiger partial charge in [-0.1, -0.05) is 0 Å². The van der Waals surface area contributed by atoms with Crippen LogP contribution in [0.15, 0.2) is 30.3 Å². The summed E-state index contributed by atoms with van der Waals surface area (Å²) in [6.45, 7) is 0.910. The number of anilines is 2. The Morgan fingerprint density at radius 2 is 1.75 bits per heavy atom. The average Bonchev–Trinajstić information content (AvgIpc) is 3.08. The molecule has 0 radical (unpaired) electrons. The molecule has 2 aromatic carbocycles. The van der Waals surface area contributed by atoms with Crippen LogP contribution < -0.4 is 24.8 Å². The molecule has 2 aromatic rings. The second-order valence-electron chi connectivity index (χ2n) is 5.42. The second-order valence-corrected chi connectivity index (χ2v) is 5.42. The van der Waals surface area contributed by atoms with Crippen molar-refractivity contribution >= 4 is 17.3 Å². The highest BCUT2D eigenvalue weighted by Crippen LogP contribution is 2.40. The van der Waals surface area contributed by atoms with Crippen LogP contribution in [0.3, 0.4) is 0 Å². The molecular formula is C18H20N2O4. The molecule has 0 atom stereocenters. The van der Waals surface area contributed by atoms with Gasteiger partial charge in [0.05, 0.1) is 21.3 Å². The number of ether oxygens (including phenoxy) is 3. The highest BCUT2D eigenvalue weighted by molar-refractivity contribution is 6.05. The molecule has 0 spiro atoms. The van der Waals surface area contributed by atoms with Crippen LogP contribution in [0.25, 0.3) is 0 Å². The molecule has 0 aliphatic carbocycles. The van der Waals surface area contributed by atoms with Crippen molar-refractivity contribution in [2.75, 3.05) is 38.5 Å². The van der Waals surface area contributed by atoms with Crippen LogP contribution in [0.1, 0.15) is 15.9 Å². The van der Waals surface area contributed by atoms with Crippen molar-refractivity contribution in [3.8, 4) is 17.2 Å². The minimum atomic E-state index is -0.182. The summed E-state index contributed by atoms with van der Waals surface area (Å²) in [6, 6.07) is 9.07. The molecule has 1 aliphatic heterocycles. The molecule has 0 unspecified atom stereocenters. The molecular weight excluding hydrogens is 308 g/mol. The summed E-state index contributed by atoms with van der Waals surface area (Å²) >= 11 is 0. The maximum Gasteiger partial charge on any atom is 0.255 e. The van der Waals surface area contributed by atoms with Gasteiger partial charge >= 0.3 is 0 Å². The number of rotatable bonds is 5. The van der Waals surface area contributed by atoms with Crippen molar-refractivity contribution in [2.45, 2.75) is 6.42 Å². The van der Waals surface area contributed by atoms with E-state index in [-0.39, 0.29) is 5.91 Å². The van der Waals surface area contributed by atoms with Crippen molar-refractivity contribution in [3.63, 3.8) is 0 Å². The van der Waals surface area contributed by atoms with Gasteiger partial charge in [-0.15, -0.1) is 0 Å². The molecule has 0 aromatic heterocycles. The highest BCUT2D eigenvalue weighted by atomic mass is 16.5. The van der Waals surface area contributed by atoms with Gasteiger partial charge in [0, 0.05) is 35.6 Å². The average molecular weight is 328 g/mol. The molecule has 126 valence electrons. The Labute approximate surface area is 140 Å². The summed E-state index contributed by atoms with van der Waals surface area (Å²) in [4.78, 5) is 12.5.